The van der Waals surface area contributed by atoms with Crippen molar-refractivity contribution >= 4 is 17.1 Å². The van der Waals surface area contributed by atoms with E-state index in [4.69, 9.17) is 14.5 Å². The van der Waals surface area contributed by atoms with Crippen LogP contribution in [0.1, 0.15) is 43.2 Å². The molecule has 4 atom stereocenters. The van der Waals surface area contributed by atoms with Crippen LogP contribution in [0.15, 0.2) is 96.1 Å². The molecule has 10 heteroatoms. The van der Waals surface area contributed by atoms with Crippen LogP contribution in [0, 0.1) is 5.92 Å². The lowest BCUT2D eigenvalue weighted by molar-refractivity contribution is -0.113. The van der Waals surface area contributed by atoms with Gasteiger partial charge in [0, 0.05) is 5.92 Å². The number of nitrogens with zero attached hydrogens (tertiary/aromatic N) is 3. The Morgan fingerprint density at radius 3 is 2.19 bits per heavy atom. The number of hydrogen-bond acceptors (Lipinski definition) is 7. The van der Waals surface area contributed by atoms with Gasteiger partial charge < -0.3 is 19.9 Å². The largest absolute Gasteiger partial charge is 0.497 e. The Bertz CT molecular complexity index is 1710. The highest BCUT2D eigenvalue weighted by molar-refractivity contribution is 5.71. The summed E-state index contributed by atoms with van der Waals surface area (Å²) in [4.78, 5) is 25.3. The highest BCUT2D eigenvalue weighted by Gasteiger charge is 2.53. The summed E-state index contributed by atoms with van der Waals surface area (Å²) in [7, 11) is 1.61. The molecule has 3 aromatic carbocycles. The molecule has 0 unspecified atom stereocenters. The van der Waals surface area contributed by atoms with E-state index >= 15 is 4.39 Å². The van der Waals surface area contributed by atoms with E-state index in [1.807, 2.05) is 91.9 Å². The molecule has 222 valence electrons. The Kier molecular flexibility index (Phi) is 7.49. The smallest absolute Gasteiger partial charge is 0.280 e. The molecule has 3 N–H and O–H groups in total. The first-order chi connectivity index (χ1) is 20.9. The van der Waals surface area contributed by atoms with E-state index in [0.29, 0.717) is 12.2 Å². The normalized spacial score (nSPS) is 22.1. The van der Waals surface area contributed by atoms with Crippen LogP contribution in [-0.2, 0) is 10.3 Å². The van der Waals surface area contributed by atoms with Crippen molar-refractivity contribution in [2.75, 3.05) is 19.0 Å². The number of aliphatic hydroxyl groups is 1. The minimum atomic E-state index is -1.45. The van der Waals surface area contributed by atoms with Gasteiger partial charge in [-0.3, -0.25) is 14.3 Å². The van der Waals surface area contributed by atoms with Gasteiger partial charge in [-0.25, -0.2) is 9.37 Å². The molecule has 0 radical (unpaired) electrons. The topological polar surface area (TPSA) is 114 Å². The van der Waals surface area contributed by atoms with Crippen LogP contribution in [0.5, 0.6) is 5.75 Å². The number of aromatic amines is 1. The van der Waals surface area contributed by atoms with Crippen molar-refractivity contribution < 1.29 is 19.0 Å². The monoisotopic (exact) mass is 583 g/mol. The molecule has 0 spiro atoms. The van der Waals surface area contributed by atoms with Crippen LogP contribution < -0.4 is 15.6 Å². The average molecular weight is 584 g/mol. The lowest BCUT2D eigenvalue weighted by Gasteiger charge is -2.37. The van der Waals surface area contributed by atoms with Gasteiger partial charge in [-0.15, -0.1) is 0 Å². The van der Waals surface area contributed by atoms with Gasteiger partial charge in [-0.05, 0) is 35.2 Å². The average Bonchev–Trinajstić information content (AvgIpc) is 3.59. The van der Waals surface area contributed by atoms with Crippen LogP contribution in [-0.4, -0.2) is 50.1 Å². The van der Waals surface area contributed by atoms with Gasteiger partial charge in [0.25, 0.3) is 5.56 Å². The summed E-state index contributed by atoms with van der Waals surface area (Å²) in [6, 6.07) is 27.4. The molecule has 43 heavy (non-hydrogen) atoms. The molecule has 0 amide bonds. The van der Waals surface area contributed by atoms with Gasteiger partial charge in [0.05, 0.1) is 25.6 Å². The Labute approximate surface area is 248 Å². The number of nitrogens with one attached hydrogen (secondary N) is 2. The zero-order valence-corrected chi connectivity index (χ0v) is 24.2. The lowest BCUT2D eigenvalue weighted by Crippen LogP contribution is -2.39. The Morgan fingerprint density at radius 2 is 1.65 bits per heavy atom. The first kappa shape index (κ1) is 28.6. The van der Waals surface area contributed by atoms with Gasteiger partial charge in [-0.2, -0.15) is 4.98 Å². The number of halogens is 1. The second kappa shape index (κ2) is 11.3. The Hall–Kier alpha value is -4.54. The number of aliphatic hydroxyl groups excluding tert-OH is 1. The first-order valence-corrected chi connectivity index (χ1v) is 14.3. The number of rotatable bonds is 9. The minimum Gasteiger partial charge on any atom is -0.497 e. The van der Waals surface area contributed by atoms with E-state index in [2.05, 4.69) is 15.3 Å². The predicted octanol–water partition coefficient (Wildman–Crippen LogP) is 5.18. The fraction of sp³-hybridized carbons (Fsp3) is 0.303. The second-order valence-electron chi connectivity index (χ2n) is 10.9. The predicted molar refractivity (Wildman–Crippen MR) is 162 cm³/mol. The molecule has 1 fully saturated rings. The molecular formula is C33H34FN5O4. The van der Waals surface area contributed by atoms with Crippen LogP contribution >= 0.6 is 0 Å². The minimum absolute atomic E-state index is 0.0569. The number of ether oxygens (including phenoxy) is 2. The number of hydrogen-bond donors (Lipinski definition) is 3. The highest BCUT2D eigenvalue weighted by atomic mass is 19.1. The molecule has 5 aromatic rings. The molecule has 0 bridgehead atoms. The van der Waals surface area contributed by atoms with Gasteiger partial charge in [-0.1, -0.05) is 86.6 Å². The summed E-state index contributed by atoms with van der Waals surface area (Å²) in [6.07, 6.45) is -0.763. The van der Waals surface area contributed by atoms with E-state index in [-0.39, 0.29) is 23.7 Å². The molecule has 0 saturated carbocycles. The van der Waals surface area contributed by atoms with Crippen molar-refractivity contribution in [1.82, 2.24) is 19.5 Å². The molecule has 1 aliphatic heterocycles. The lowest BCUT2D eigenvalue weighted by atomic mass is 9.77. The number of fused-ring (bicyclic) bond motifs is 1. The summed E-state index contributed by atoms with van der Waals surface area (Å²) >= 11 is 0. The summed E-state index contributed by atoms with van der Waals surface area (Å²) in [5.74, 6) is 0.282. The Morgan fingerprint density at radius 1 is 1.05 bits per heavy atom. The van der Waals surface area contributed by atoms with Crippen molar-refractivity contribution in [3.05, 3.63) is 118 Å². The molecule has 1 saturated heterocycles. The maximum atomic E-state index is 15.7. The van der Waals surface area contributed by atoms with Crippen LogP contribution in [0.2, 0.25) is 0 Å². The van der Waals surface area contributed by atoms with E-state index < -0.39 is 35.0 Å². The summed E-state index contributed by atoms with van der Waals surface area (Å²) in [5.41, 5.74) is 0.356. The quantitative estimate of drug-likeness (QED) is 0.205. The van der Waals surface area contributed by atoms with E-state index in [1.165, 1.54) is 10.9 Å². The summed E-state index contributed by atoms with van der Waals surface area (Å²) in [5, 5.41) is 13.7. The van der Waals surface area contributed by atoms with E-state index in [1.54, 1.807) is 14.0 Å². The van der Waals surface area contributed by atoms with Crippen molar-refractivity contribution in [2.45, 2.75) is 43.8 Å². The van der Waals surface area contributed by atoms with Crippen molar-refractivity contribution in [1.29, 1.82) is 0 Å². The molecular weight excluding hydrogens is 549 g/mol. The molecule has 3 heterocycles. The first-order valence-electron chi connectivity index (χ1n) is 14.3. The molecule has 9 nitrogen and oxygen atoms in total. The molecule has 0 aliphatic carbocycles. The number of benzene rings is 3. The van der Waals surface area contributed by atoms with Crippen LogP contribution in [0.3, 0.4) is 0 Å². The number of anilines is 1. The van der Waals surface area contributed by atoms with Crippen molar-refractivity contribution in [3.8, 4) is 5.75 Å². The van der Waals surface area contributed by atoms with Crippen LogP contribution in [0.25, 0.3) is 11.2 Å². The maximum Gasteiger partial charge on any atom is 0.280 e. The third-order valence-electron chi connectivity index (χ3n) is 8.75. The second-order valence-corrected chi connectivity index (χ2v) is 10.9. The fourth-order valence-electron chi connectivity index (χ4n) is 6.14. The highest BCUT2D eigenvalue weighted by Crippen LogP contribution is 2.46. The summed E-state index contributed by atoms with van der Waals surface area (Å²) < 4.78 is 28.7. The number of imidazole rings is 1. The van der Waals surface area contributed by atoms with E-state index in [9.17, 15) is 9.90 Å². The van der Waals surface area contributed by atoms with E-state index in [0.717, 1.165) is 16.7 Å². The number of H-pyrrole nitrogens is 1. The molecule has 1 aliphatic rings. The zero-order valence-electron chi connectivity index (χ0n) is 24.2. The summed E-state index contributed by atoms with van der Waals surface area (Å²) in [6.45, 7) is 3.25. The Balaban J connectivity index is 1.53. The van der Waals surface area contributed by atoms with Crippen LogP contribution in [0.4, 0.5) is 10.3 Å². The van der Waals surface area contributed by atoms with Crippen molar-refractivity contribution in [2.24, 2.45) is 5.92 Å². The molecule has 6 rings (SSSR count). The third kappa shape index (κ3) is 4.67. The fourth-order valence-corrected chi connectivity index (χ4v) is 6.14. The van der Waals surface area contributed by atoms with Crippen molar-refractivity contribution in [3.63, 3.8) is 0 Å². The standard InChI is InChI=1S/C33H34FN5O4/c1-4-32(19-40)21(2)26(34)30(43-32)39-20-35-27-28(39)36-31(37-29(27)41)38-33(22-11-7-5-8-12-22,23-13-9-6-10-14-23)24-15-17-25(42-3)18-16-24/h5-18,20-21,26,30,40H,4,19H2,1-3H3,(H2,36,37,38,41)/t21-,26-,30+,32+/m0/s1. The number of aromatic nitrogens is 4. The van der Waals surface area contributed by atoms with Gasteiger partial charge in [0.2, 0.25) is 5.95 Å². The zero-order chi connectivity index (χ0) is 30.2. The third-order valence-corrected chi connectivity index (χ3v) is 8.75. The van der Waals surface area contributed by atoms with Gasteiger partial charge in [0.1, 0.15) is 11.3 Å². The number of alkyl halides is 1. The number of methoxy groups -OCH3 is 1. The molecule has 2 aromatic heterocycles. The SMILES string of the molecule is CC[C@]1(CO)O[C@@H](n2cnc3c(=O)[nH]c(NC(c4ccccc4)(c4ccccc4)c4ccc(OC)cc4)nc32)[C@@H](F)[C@@H]1C. The van der Waals surface area contributed by atoms with Gasteiger partial charge in [0.15, 0.2) is 23.6 Å². The van der Waals surface area contributed by atoms with Gasteiger partial charge >= 0.3 is 0 Å². The maximum absolute atomic E-state index is 15.7.